The number of H-pyrrole nitrogens is 1. The van der Waals surface area contributed by atoms with Crippen LogP contribution in [0.15, 0.2) is 42.7 Å². The van der Waals surface area contributed by atoms with Gasteiger partial charge in [0.25, 0.3) is 0 Å². The first-order valence-corrected chi connectivity index (χ1v) is 11.8. The van der Waals surface area contributed by atoms with Gasteiger partial charge in [-0.25, -0.2) is 4.98 Å². The molecule has 0 amide bonds. The molecule has 4 heteroatoms. The molecular weight excluding hydrogens is 380 g/mol. The van der Waals surface area contributed by atoms with Crippen molar-refractivity contribution in [2.24, 2.45) is 0 Å². The molecule has 1 aliphatic heterocycles. The lowest BCUT2D eigenvalue weighted by Crippen LogP contribution is -2.37. The Hall–Kier alpha value is -2.59. The highest BCUT2D eigenvalue weighted by atomic mass is 15.1. The van der Waals surface area contributed by atoms with Crippen LogP contribution in [-0.2, 0) is 0 Å². The summed E-state index contributed by atoms with van der Waals surface area (Å²) >= 11 is 0. The fourth-order valence-corrected chi connectivity index (χ4v) is 5.33. The van der Waals surface area contributed by atoms with E-state index in [1.165, 1.54) is 59.2 Å². The maximum absolute atomic E-state index is 4.58. The summed E-state index contributed by atoms with van der Waals surface area (Å²) in [6, 6.07) is 12.1. The Kier molecular flexibility index (Phi) is 5.13. The van der Waals surface area contributed by atoms with Crippen LogP contribution in [0.2, 0.25) is 0 Å². The van der Waals surface area contributed by atoms with Crippen molar-refractivity contribution in [2.45, 2.75) is 65.3 Å². The second-order valence-corrected chi connectivity index (χ2v) is 9.84. The van der Waals surface area contributed by atoms with Crippen LogP contribution in [0.25, 0.3) is 27.8 Å². The van der Waals surface area contributed by atoms with E-state index >= 15 is 0 Å². The largest absolute Gasteiger partial charge is 0.354 e. The minimum atomic E-state index is 0.446. The van der Waals surface area contributed by atoms with Gasteiger partial charge in [0.05, 0.1) is 11.4 Å². The molecule has 5 rings (SSSR count). The molecule has 0 saturated carbocycles. The number of aromatic nitrogens is 3. The summed E-state index contributed by atoms with van der Waals surface area (Å²) in [4.78, 5) is 10.9. The SMILES string of the molecule is Cc1cn2cc(-c3[nH]c4ccc(C5CCN(C(C)C)CC5)cc4c3C(C)C)ccc2n1. The van der Waals surface area contributed by atoms with Crippen LogP contribution in [0.3, 0.4) is 0 Å². The summed E-state index contributed by atoms with van der Waals surface area (Å²) in [6.07, 6.45) is 6.82. The molecule has 1 aromatic carbocycles. The first-order chi connectivity index (χ1) is 14.9. The quantitative estimate of drug-likeness (QED) is 0.414. The number of nitrogens with one attached hydrogen (secondary N) is 1. The maximum atomic E-state index is 4.58. The van der Waals surface area contributed by atoms with Gasteiger partial charge >= 0.3 is 0 Å². The highest BCUT2D eigenvalue weighted by molar-refractivity contribution is 5.92. The zero-order chi connectivity index (χ0) is 21.7. The lowest BCUT2D eigenvalue weighted by atomic mass is 9.87. The second kappa shape index (κ2) is 7.83. The molecule has 0 spiro atoms. The van der Waals surface area contributed by atoms with Crippen molar-refractivity contribution in [1.29, 1.82) is 0 Å². The summed E-state index contributed by atoms with van der Waals surface area (Å²) < 4.78 is 2.13. The lowest BCUT2D eigenvalue weighted by molar-refractivity contribution is 0.172. The number of hydrogen-bond acceptors (Lipinski definition) is 2. The molecule has 162 valence electrons. The van der Waals surface area contributed by atoms with Crippen molar-refractivity contribution in [1.82, 2.24) is 19.3 Å². The van der Waals surface area contributed by atoms with Crippen molar-refractivity contribution in [3.05, 3.63) is 59.5 Å². The van der Waals surface area contributed by atoms with Crippen LogP contribution in [0.4, 0.5) is 0 Å². The van der Waals surface area contributed by atoms with Crippen molar-refractivity contribution >= 4 is 16.6 Å². The predicted octanol–water partition coefficient (Wildman–Crippen LogP) is 6.50. The molecular formula is C27H34N4. The van der Waals surface area contributed by atoms with Gasteiger partial charge in [-0.05, 0) is 93.9 Å². The Labute approximate surface area is 185 Å². The van der Waals surface area contributed by atoms with E-state index in [1.54, 1.807) is 0 Å². The number of imidazole rings is 1. The van der Waals surface area contributed by atoms with Gasteiger partial charge < -0.3 is 14.3 Å². The molecule has 0 bridgehead atoms. The van der Waals surface area contributed by atoms with Crippen LogP contribution in [0, 0.1) is 6.92 Å². The summed E-state index contributed by atoms with van der Waals surface area (Å²) in [5.41, 5.74) is 8.67. The molecule has 31 heavy (non-hydrogen) atoms. The molecule has 0 atom stereocenters. The van der Waals surface area contributed by atoms with Gasteiger partial charge in [-0.2, -0.15) is 0 Å². The molecule has 1 N–H and O–H groups in total. The highest BCUT2D eigenvalue weighted by Gasteiger charge is 2.23. The summed E-state index contributed by atoms with van der Waals surface area (Å²) in [5.74, 6) is 1.12. The predicted molar refractivity (Wildman–Crippen MR) is 130 cm³/mol. The van der Waals surface area contributed by atoms with E-state index in [4.69, 9.17) is 0 Å². The van der Waals surface area contributed by atoms with Crippen molar-refractivity contribution in [2.75, 3.05) is 13.1 Å². The second-order valence-electron chi connectivity index (χ2n) is 9.84. The Morgan fingerprint density at radius 1 is 1.00 bits per heavy atom. The minimum Gasteiger partial charge on any atom is -0.354 e. The smallest absolute Gasteiger partial charge is 0.136 e. The average Bonchev–Trinajstić information content (AvgIpc) is 3.32. The van der Waals surface area contributed by atoms with Gasteiger partial charge in [0.15, 0.2) is 0 Å². The monoisotopic (exact) mass is 414 g/mol. The van der Waals surface area contributed by atoms with E-state index < -0.39 is 0 Å². The third-order valence-electron chi connectivity index (χ3n) is 7.03. The molecule has 0 radical (unpaired) electrons. The Morgan fingerprint density at radius 3 is 2.48 bits per heavy atom. The molecule has 1 aliphatic rings. The summed E-state index contributed by atoms with van der Waals surface area (Å²) in [7, 11) is 0. The summed E-state index contributed by atoms with van der Waals surface area (Å²) in [5, 5.41) is 1.38. The topological polar surface area (TPSA) is 36.3 Å². The minimum absolute atomic E-state index is 0.446. The molecule has 1 saturated heterocycles. The number of pyridine rings is 1. The number of piperidine rings is 1. The number of nitrogens with zero attached hydrogens (tertiary/aromatic N) is 3. The van der Waals surface area contributed by atoms with Gasteiger partial charge in [0, 0.05) is 34.9 Å². The number of likely N-dealkylation sites (tertiary alicyclic amines) is 1. The van der Waals surface area contributed by atoms with Gasteiger partial charge in [0.1, 0.15) is 5.65 Å². The molecule has 4 heterocycles. The number of aryl methyl sites for hydroxylation is 1. The van der Waals surface area contributed by atoms with E-state index in [-0.39, 0.29) is 0 Å². The highest BCUT2D eigenvalue weighted by Crippen LogP contribution is 2.38. The first kappa shape index (κ1) is 20.3. The first-order valence-electron chi connectivity index (χ1n) is 11.8. The summed E-state index contributed by atoms with van der Waals surface area (Å²) in [6.45, 7) is 13.7. The Bertz CT molecular complexity index is 1220. The number of benzene rings is 1. The van der Waals surface area contributed by atoms with E-state index in [2.05, 4.69) is 89.7 Å². The number of fused-ring (bicyclic) bond motifs is 2. The molecule has 1 fully saturated rings. The molecule has 4 nitrogen and oxygen atoms in total. The van der Waals surface area contributed by atoms with E-state index in [0.717, 1.165) is 11.3 Å². The standard InChI is InChI=1S/C27H34N4/c1-17(2)26-23-14-21(20-10-12-30(13-11-20)18(3)4)6-8-24(23)29-27(26)22-7-9-25-28-19(5)15-31(25)16-22/h6-9,14-18,20,29H,10-13H2,1-5H3. The van der Waals surface area contributed by atoms with Crippen LogP contribution >= 0.6 is 0 Å². The third-order valence-corrected chi connectivity index (χ3v) is 7.03. The van der Waals surface area contributed by atoms with Crippen LogP contribution in [-0.4, -0.2) is 38.4 Å². The van der Waals surface area contributed by atoms with Crippen molar-refractivity contribution in [3.63, 3.8) is 0 Å². The van der Waals surface area contributed by atoms with Crippen LogP contribution in [0.5, 0.6) is 0 Å². The van der Waals surface area contributed by atoms with Crippen LogP contribution in [0.1, 0.15) is 69.2 Å². The van der Waals surface area contributed by atoms with Gasteiger partial charge in [-0.1, -0.05) is 19.9 Å². The average molecular weight is 415 g/mol. The van der Waals surface area contributed by atoms with Gasteiger partial charge in [-0.15, -0.1) is 0 Å². The lowest BCUT2D eigenvalue weighted by Gasteiger charge is -2.34. The van der Waals surface area contributed by atoms with Gasteiger partial charge in [-0.3, -0.25) is 0 Å². The fourth-order valence-electron chi connectivity index (χ4n) is 5.33. The zero-order valence-electron chi connectivity index (χ0n) is 19.4. The molecule has 4 aromatic rings. The van der Waals surface area contributed by atoms with Gasteiger partial charge in [0.2, 0.25) is 0 Å². The van der Waals surface area contributed by atoms with Crippen molar-refractivity contribution in [3.8, 4) is 11.3 Å². The van der Waals surface area contributed by atoms with Crippen LogP contribution < -0.4 is 0 Å². The third kappa shape index (κ3) is 3.67. The normalized spacial score (nSPS) is 16.4. The maximum Gasteiger partial charge on any atom is 0.136 e. The Balaban J connectivity index is 1.55. The number of aromatic amines is 1. The Morgan fingerprint density at radius 2 is 1.77 bits per heavy atom. The van der Waals surface area contributed by atoms with Crippen molar-refractivity contribution < 1.29 is 0 Å². The number of hydrogen-bond donors (Lipinski definition) is 1. The van der Waals surface area contributed by atoms with E-state index in [1.807, 2.05) is 6.92 Å². The molecule has 3 aromatic heterocycles. The zero-order valence-corrected chi connectivity index (χ0v) is 19.4. The number of rotatable bonds is 4. The molecule has 0 aliphatic carbocycles. The fraction of sp³-hybridized carbons (Fsp3) is 0.444. The molecule has 0 unspecified atom stereocenters. The van der Waals surface area contributed by atoms with E-state index in [9.17, 15) is 0 Å². The van der Waals surface area contributed by atoms with E-state index in [0.29, 0.717) is 17.9 Å².